The van der Waals surface area contributed by atoms with Gasteiger partial charge in [0.05, 0.1) is 0 Å². The van der Waals surface area contributed by atoms with E-state index in [1.54, 1.807) is 0 Å². The maximum atomic E-state index is 5.95. The molecule has 4 heteroatoms. The summed E-state index contributed by atoms with van der Waals surface area (Å²) in [5.41, 5.74) is 6.20. The Balaban J connectivity index is 1.79. The molecule has 0 spiro atoms. The van der Waals surface area contributed by atoms with E-state index >= 15 is 0 Å². The molecular weight excluding hydrogens is 244 g/mol. The van der Waals surface area contributed by atoms with E-state index in [0.29, 0.717) is 0 Å². The van der Waals surface area contributed by atoms with Crippen LogP contribution in [-0.4, -0.2) is 26.3 Å². The minimum absolute atomic E-state index is 0.253. The van der Waals surface area contributed by atoms with Gasteiger partial charge in [0.2, 0.25) is 0 Å². The molecule has 0 aliphatic carbocycles. The molecule has 0 bridgehead atoms. The van der Waals surface area contributed by atoms with Gasteiger partial charge in [-0.2, -0.15) is 0 Å². The number of thiophene rings is 1. The first-order valence-corrected chi connectivity index (χ1v) is 7.66. The molecule has 3 nitrogen and oxygen atoms in total. The molecule has 1 aliphatic rings. The van der Waals surface area contributed by atoms with Gasteiger partial charge in [0.1, 0.15) is 0 Å². The molecule has 3 N–H and O–H groups in total. The summed E-state index contributed by atoms with van der Waals surface area (Å²) in [5, 5.41) is 3.58. The molecule has 1 aliphatic heterocycles. The van der Waals surface area contributed by atoms with Gasteiger partial charge in [-0.3, -0.25) is 0 Å². The van der Waals surface area contributed by atoms with Crippen molar-refractivity contribution in [3.8, 4) is 0 Å². The van der Waals surface area contributed by atoms with Gasteiger partial charge in [0.25, 0.3) is 0 Å². The number of aryl methyl sites for hydroxylation is 1. The van der Waals surface area contributed by atoms with Gasteiger partial charge in [0.15, 0.2) is 0 Å². The van der Waals surface area contributed by atoms with E-state index in [-0.39, 0.29) is 5.41 Å². The second-order valence-electron chi connectivity index (χ2n) is 5.14. The third kappa shape index (κ3) is 3.54. The van der Waals surface area contributed by atoms with Crippen molar-refractivity contribution >= 4 is 11.3 Å². The summed E-state index contributed by atoms with van der Waals surface area (Å²) in [6, 6.07) is 4.46. The molecule has 0 unspecified atom stereocenters. The second-order valence-corrected chi connectivity index (χ2v) is 6.39. The number of hydrogen-bond acceptors (Lipinski definition) is 4. The van der Waals surface area contributed by atoms with Crippen molar-refractivity contribution in [3.63, 3.8) is 0 Å². The standard InChI is InChI=1S/C14H24N2OS/c1-2-12-3-4-13(18-12)9-16-11-14(10-15)5-7-17-8-6-14/h3-4,16H,2,5-11,15H2,1H3. The molecular formula is C14H24N2OS. The van der Waals surface area contributed by atoms with Crippen molar-refractivity contribution < 1.29 is 4.74 Å². The van der Waals surface area contributed by atoms with E-state index in [1.807, 2.05) is 11.3 Å². The van der Waals surface area contributed by atoms with Crippen LogP contribution in [0.15, 0.2) is 12.1 Å². The van der Waals surface area contributed by atoms with Crippen molar-refractivity contribution in [1.29, 1.82) is 0 Å². The summed E-state index contributed by atoms with van der Waals surface area (Å²) in [6.07, 6.45) is 3.30. The van der Waals surface area contributed by atoms with E-state index in [0.717, 1.165) is 52.1 Å². The Labute approximate surface area is 114 Å². The van der Waals surface area contributed by atoms with Crippen LogP contribution in [0.2, 0.25) is 0 Å². The van der Waals surface area contributed by atoms with Crippen molar-refractivity contribution in [3.05, 3.63) is 21.9 Å². The van der Waals surface area contributed by atoms with Crippen molar-refractivity contribution in [2.24, 2.45) is 11.1 Å². The first kappa shape index (κ1) is 14.0. The third-order valence-electron chi connectivity index (χ3n) is 3.85. The van der Waals surface area contributed by atoms with Gasteiger partial charge in [-0.25, -0.2) is 0 Å². The van der Waals surface area contributed by atoms with Crippen LogP contribution in [0.25, 0.3) is 0 Å². The minimum atomic E-state index is 0.253. The van der Waals surface area contributed by atoms with Crippen LogP contribution in [0.4, 0.5) is 0 Å². The zero-order valence-corrected chi connectivity index (χ0v) is 12.0. The quantitative estimate of drug-likeness (QED) is 0.831. The molecule has 18 heavy (non-hydrogen) atoms. The third-order valence-corrected chi connectivity index (χ3v) is 5.08. The summed E-state index contributed by atoms with van der Waals surface area (Å²) in [4.78, 5) is 2.89. The highest BCUT2D eigenvalue weighted by molar-refractivity contribution is 7.11. The highest BCUT2D eigenvalue weighted by atomic mass is 32.1. The Morgan fingerprint density at radius 3 is 2.67 bits per heavy atom. The molecule has 102 valence electrons. The number of hydrogen-bond donors (Lipinski definition) is 2. The van der Waals surface area contributed by atoms with Gasteiger partial charge in [-0.1, -0.05) is 6.92 Å². The Hall–Kier alpha value is -0.420. The van der Waals surface area contributed by atoms with E-state index in [1.165, 1.54) is 9.75 Å². The molecule has 1 aromatic rings. The summed E-state index contributed by atoms with van der Waals surface area (Å²) < 4.78 is 5.43. The molecule has 0 saturated carbocycles. The van der Waals surface area contributed by atoms with Crippen LogP contribution in [-0.2, 0) is 17.7 Å². The SMILES string of the molecule is CCc1ccc(CNCC2(CN)CCOCC2)s1. The van der Waals surface area contributed by atoms with Gasteiger partial charge >= 0.3 is 0 Å². The lowest BCUT2D eigenvalue weighted by molar-refractivity contribution is 0.0191. The maximum Gasteiger partial charge on any atom is 0.0472 e. The second kappa shape index (κ2) is 6.66. The van der Waals surface area contributed by atoms with Crippen LogP contribution >= 0.6 is 11.3 Å². The summed E-state index contributed by atoms with van der Waals surface area (Å²) >= 11 is 1.91. The molecule has 0 radical (unpaired) electrons. The number of rotatable bonds is 6. The van der Waals surface area contributed by atoms with Crippen LogP contribution < -0.4 is 11.1 Å². The van der Waals surface area contributed by atoms with E-state index in [9.17, 15) is 0 Å². The average molecular weight is 268 g/mol. The predicted octanol–water partition coefficient (Wildman–Crippen LogP) is 2.16. The lowest BCUT2D eigenvalue weighted by Gasteiger charge is -2.36. The largest absolute Gasteiger partial charge is 0.381 e. The zero-order valence-electron chi connectivity index (χ0n) is 11.2. The number of nitrogens with two attached hydrogens (primary N) is 1. The lowest BCUT2D eigenvalue weighted by Crippen LogP contribution is -2.44. The van der Waals surface area contributed by atoms with Gasteiger partial charge in [0, 0.05) is 36.1 Å². The lowest BCUT2D eigenvalue weighted by atomic mass is 9.80. The minimum Gasteiger partial charge on any atom is -0.381 e. The van der Waals surface area contributed by atoms with Crippen LogP contribution in [0.1, 0.15) is 29.5 Å². The predicted molar refractivity (Wildman–Crippen MR) is 76.9 cm³/mol. The fourth-order valence-corrected chi connectivity index (χ4v) is 3.34. The fourth-order valence-electron chi connectivity index (χ4n) is 2.42. The Bertz CT molecular complexity index is 358. The summed E-state index contributed by atoms with van der Waals surface area (Å²) in [7, 11) is 0. The van der Waals surface area contributed by atoms with E-state index < -0.39 is 0 Å². The Morgan fingerprint density at radius 1 is 1.33 bits per heavy atom. The normalized spacial score (nSPS) is 19.0. The topological polar surface area (TPSA) is 47.3 Å². The molecule has 1 fully saturated rings. The molecule has 2 heterocycles. The summed E-state index contributed by atoms with van der Waals surface area (Å²) in [5.74, 6) is 0. The van der Waals surface area contributed by atoms with Crippen LogP contribution in [0.3, 0.4) is 0 Å². The highest BCUT2D eigenvalue weighted by Gasteiger charge is 2.30. The monoisotopic (exact) mass is 268 g/mol. The maximum absolute atomic E-state index is 5.95. The summed E-state index contributed by atoms with van der Waals surface area (Å²) in [6.45, 7) is 6.65. The smallest absolute Gasteiger partial charge is 0.0472 e. The van der Waals surface area contributed by atoms with Crippen molar-refractivity contribution in [2.45, 2.75) is 32.7 Å². The molecule has 0 amide bonds. The number of ether oxygens (including phenoxy) is 1. The first-order chi connectivity index (χ1) is 8.78. The Morgan fingerprint density at radius 2 is 2.06 bits per heavy atom. The Kier molecular flexibility index (Phi) is 5.18. The van der Waals surface area contributed by atoms with Crippen LogP contribution in [0.5, 0.6) is 0 Å². The molecule has 2 rings (SSSR count). The fraction of sp³-hybridized carbons (Fsp3) is 0.714. The first-order valence-electron chi connectivity index (χ1n) is 6.84. The molecule has 1 saturated heterocycles. The molecule has 1 aromatic heterocycles. The van der Waals surface area contributed by atoms with Crippen molar-refractivity contribution in [2.75, 3.05) is 26.3 Å². The average Bonchev–Trinajstić information content (AvgIpc) is 2.88. The molecule has 0 atom stereocenters. The van der Waals surface area contributed by atoms with Gasteiger partial charge < -0.3 is 15.8 Å². The van der Waals surface area contributed by atoms with E-state index in [2.05, 4.69) is 24.4 Å². The van der Waals surface area contributed by atoms with Gasteiger partial charge in [-0.05, 0) is 43.4 Å². The molecule has 0 aromatic carbocycles. The highest BCUT2D eigenvalue weighted by Crippen LogP contribution is 2.28. The number of nitrogens with one attached hydrogen (secondary N) is 1. The van der Waals surface area contributed by atoms with E-state index in [4.69, 9.17) is 10.5 Å². The van der Waals surface area contributed by atoms with Crippen molar-refractivity contribution in [1.82, 2.24) is 5.32 Å². The van der Waals surface area contributed by atoms with Gasteiger partial charge in [-0.15, -0.1) is 11.3 Å². The van der Waals surface area contributed by atoms with Crippen LogP contribution in [0, 0.1) is 5.41 Å². The zero-order chi connectivity index (χ0) is 12.8.